The number of benzene rings is 2. The molecular weight excluding hydrogens is 404 g/mol. The number of likely N-dealkylation sites (tertiary alicyclic amines) is 1. The van der Waals surface area contributed by atoms with Crippen molar-refractivity contribution in [3.8, 4) is 0 Å². The summed E-state index contributed by atoms with van der Waals surface area (Å²) in [5.74, 6) is 0.162. The monoisotopic (exact) mass is 428 g/mol. The van der Waals surface area contributed by atoms with Gasteiger partial charge in [0.2, 0.25) is 5.91 Å². The van der Waals surface area contributed by atoms with Crippen LogP contribution >= 0.6 is 15.9 Å². The molecule has 2 aromatic rings. The Kier molecular flexibility index (Phi) is 6.67. The molecule has 3 rings (SSSR count). The number of carbonyl (C=O) groups is 2. The van der Waals surface area contributed by atoms with E-state index in [2.05, 4.69) is 40.3 Å². The first-order chi connectivity index (χ1) is 13.1. The Hall–Kier alpha value is -2.14. The highest BCUT2D eigenvalue weighted by Gasteiger charge is 2.34. The number of hydrogen-bond donors (Lipinski definition) is 1. The molecule has 1 N–H and O–H groups in total. The van der Waals surface area contributed by atoms with Crippen LogP contribution in [-0.2, 0) is 4.79 Å². The van der Waals surface area contributed by atoms with E-state index >= 15 is 0 Å². The second-order valence-corrected chi connectivity index (χ2v) is 7.84. The number of nitrogens with zero attached hydrogens (tertiary/aromatic N) is 1. The molecule has 1 fully saturated rings. The number of amides is 2. The van der Waals surface area contributed by atoms with Crippen LogP contribution in [0.2, 0.25) is 0 Å². The molecule has 1 saturated heterocycles. The Morgan fingerprint density at radius 1 is 1.15 bits per heavy atom. The quantitative estimate of drug-likeness (QED) is 0.742. The van der Waals surface area contributed by atoms with Gasteiger partial charge in [-0.15, -0.1) is 0 Å². The van der Waals surface area contributed by atoms with Gasteiger partial charge in [-0.05, 0) is 49.1 Å². The van der Waals surface area contributed by atoms with Gasteiger partial charge in [0.05, 0.1) is 0 Å². The predicted octanol–water partition coefficient (Wildman–Crippen LogP) is 4.36. The maximum absolute atomic E-state index is 12.8. The van der Waals surface area contributed by atoms with Crippen molar-refractivity contribution < 1.29 is 9.59 Å². The summed E-state index contributed by atoms with van der Waals surface area (Å²) >= 11 is 3.38. The Balaban J connectivity index is 1.63. The maximum atomic E-state index is 12.8. The second-order valence-electron chi connectivity index (χ2n) is 6.92. The van der Waals surface area contributed by atoms with Crippen LogP contribution in [-0.4, -0.2) is 35.8 Å². The number of rotatable bonds is 6. The zero-order valence-corrected chi connectivity index (χ0v) is 17.1. The number of halogens is 1. The average molecular weight is 429 g/mol. The van der Waals surface area contributed by atoms with Crippen molar-refractivity contribution in [1.82, 2.24) is 10.2 Å². The van der Waals surface area contributed by atoms with Crippen LogP contribution in [0.1, 0.15) is 48.0 Å². The number of hydrogen-bond acceptors (Lipinski definition) is 2. The van der Waals surface area contributed by atoms with Gasteiger partial charge >= 0.3 is 0 Å². The van der Waals surface area contributed by atoms with Crippen LogP contribution in [0, 0.1) is 0 Å². The standard InChI is InChI=1S/C22H25BrN2O2/c1-2-16(17-7-4-3-5-8-17)15-24-21(26)20-9-6-14-25(20)22(27)18-10-12-19(23)13-11-18/h3-5,7-8,10-13,16,20H,2,6,9,14-15H2,1H3,(H,24,26). The molecule has 1 aliphatic rings. The van der Waals surface area contributed by atoms with E-state index in [9.17, 15) is 9.59 Å². The van der Waals surface area contributed by atoms with Crippen molar-refractivity contribution in [2.75, 3.05) is 13.1 Å². The molecule has 0 aliphatic carbocycles. The van der Waals surface area contributed by atoms with Crippen LogP contribution in [0.15, 0.2) is 59.1 Å². The summed E-state index contributed by atoms with van der Waals surface area (Å²) in [4.78, 5) is 27.3. The molecule has 1 aliphatic heterocycles. The summed E-state index contributed by atoms with van der Waals surface area (Å²) in [5.41, 5.74) is 1.85. The molecule has 0 bridgehead atoms. The molecule has 0 aromatic heterocycles. The van der Waals surface area contributed by atoms with Gasteiger partial charge in [0.1, 0.15) is 6.04 Å². The van der Waals surface area contributed by atoms with Crippen LogP contribution in [0.5, 0.6) is 0 Å². The Morgan fingerprint density at radius 3 is 2.52 bits per heavy atom. The van der Waals surface area contributed by atoms with Gasteiger partial charge in [-0.25, -0.2) is 0 Å². The van der Waals surface area contributed by atoms with Crippen molar-refractivity contribution in [1.29, 1.82) is 0 Å². The molecule has 2 amide bonds. The first-order valence-corrected chi connectivity index (χ1v) is 10.3. The summed E-state index contributed by atoms with van der Waals surface area (Å²) in [6, 6.07) is 17.1. The van der Waals surface area contributed by atoms with Crippen LogP contribution in [0.4, 0.5) is 0 Å². The molecule has 0 spiro atoms. The first kappa shape index (κ1) is 19.6. The van der Waals surface area contributed by atoms with E-state index in [1.54, 1.807) is 17.0 Å². The van der Waals surface area contributed by atoms with E-state index in [-0.39, 0.29) is 23.8 Å². The van der Waals surface area contributed by atoms with Crippen molar-refractivity contribution in [2.24, 2.45) is 0 Å². The molecule has 2 unspecified atom stereocenters. The summed E-state index contributed by atoms with van der Waals surface area (Å²) in [6.45, 7) is 3.35. The van der Waals surface area contributed by atoms with E-state index in [0.717, 1.165) is 23.7 Å². The molecule has 2 atom stereocenters. The lowest BCUT2D eigenvalue weighted by atomic mass is 9.96. The van der Waals surface area contributed by atoms with Gasteiger partial charge in [-0.3, -0.25) is 9.59 Å². The van der Waals surface area contributed by atoms with Gasteiger partial charge in [-0.2, -0.15) is 0 Å². The van der Waals surface area contributed by atoms with E-state index < -0.39 is 0 Å². The van der Waals surface area contributed by atoms with Crippen LogP contribution < -0.4 is 5.32 Å². The molecule has 0 radical (unpaired) electrons. The van der Waals surface area contributed by atoms with E-state index in [1.807, 2.05) is 30.3 Å². The van der Waals surface area contributed by atoms with Gasteiger partial charge in [0, 0.05) is 29.0 Å². The minimum Gasteiger partial charge on any atom is -0.354 e. The third kappa shape index (κ3) is 4.78. The molecule has 142 valence electrons. The highest BCUT2D eigenvalue weighted by Crippen LogP contribution is 2.22. The largest absolute Gasteiger partial charge is 0.354 e. The van der Waals surface area contributed by atoms with Crippen molar-refractivity contribution >= 4 is 27.7 Å². The third-order valence-corrected chi connectivity index (χ3v) is 5.72. The second kappa shape index (κ2) is 9.18. The van der Waals surface area contributed by atoms with E-state index in [4.69, 9.17) is 0 Å². The van der Waals surface area contributed by atoms with Gasteiger partial charge in [-0.1, -0.05) is 53.2 Å². The molecule has 0 saturated carbocycles. The fraction of sp³-hybridized carbons (Fsp3) is 0.364. The highest BCUT2D eigenvalue weighted by atomic mass is 79.9. The van der Waals surface area contributed by atoms with Gasteiger partial charge in [0.25, 0.3) is 5.91 Å². The summed E-state index contributed by atoms with van der Waals surface area (Å²) in [7, 11) is 0. The first-order valence-electron chi connectivity index (χ1n) is 9.49. The Bertz CT molecular complexity index is 777. The summed E-state index contributed by atoms with van der Waals surface area (Å²) < 4.78 is 0.932. The lowest BCUT2D eigenvalue weighted by Crippen LogP contribution is -2.46. The van der Waals surface area contributed by atoms with Crippen molar-refractivity contribution in [3.63, 3.8) is 0 Å². The number of nitrogens with one attached hydrogen (secondary N) is 1. The minimum absolute atomic E-state index is 0.0488. The molecular formula is C22H25BrN2O2. The Morgan fingerprint density at radius 2 is 1.85 bits per heavy atom. The van der Waals surface area contributed by atoms with Crippen LogP contribution in [0.3, 0.4) is 0 Å². The highest BCUT2D eigenvalue weighted by molar-refractivity contribution is 9.10. The number of carbonyl (C=O) groups excluding carboxylic acids is 2. The predicted molar refractivity (Wildman–Crippen MR) is 111 cm³/mol. The zero-order valence-electron chi connectivity index (χ0n) is 15.5. The van der Waals surface area contributed by atoms with Crippen LogP contribution in [0.25, 0.3) is 0 Å². The lowest BCUT2D eigenvalue weighted by Gasteiger charge is -2.25. The molecule has 4 nitrogen and oxygen atoms in total. The molecule has 5 heteroatoms. The molecule has 1 heterocycles. The molecule has 27 heavy (non-hydrogen) atoms. The van der Waals surface area contributed by atoms with E-state index in [1.165, 1.54) is 5.56 Å². The normalized spacial score (nSPS) is 17.6. The van der Waals surface area contributed by atoms with Gasteiger partial charge < -0.3 is 10.2 Å². The summed E-state index contributed by atoms with van der Waals surface area (Å²) in [6.07, 6.45) is 2.53. The maximum Gasteiger partial charge on any atom is 0.254 e. The third-order valence-electron chi connectivity index (χ3n) is 5.19. The van der Waals surface area contributed by atoms with Crippen molar-refractivity contribution in [2.45, 2.75) is 38.1 Å². The molecule has 2 aromatic carbocycles. The summed E-state index contributed by atoms with van der Waals surface area (Å²) in [5, 5.41) is 3.08. The fourth-order valence-electron chi connectivity index (χ4n) is 3.61. The average Bonchev–Trinajstić information content (AvgIpc) is 3.19. The fourth-order valence-corrected chi connectivity index (χ4v) is 3.87. The smallest absolute Gasteiger partial charge is 0.254 e. The van der Waals surface area contributed by atoms with Gasteiger partial charge in [0.15, 0.2) is 0 Å². The zero-order chi connectivity index (χ0) is 19.2. The van der Waals surface area contributed by atoms with Crippen molar-refractivity contribution in [3.05, 3.63) is 70.2 Å². The lowest BCUT2D eigenvalue weighted by molar-refractivity contribution is -0.124. The minimum atomic E-state index is -0.380. The van der Waals surface area contributed by atoms with E-state index in [0.29, 0.717) is 18.7 Å². The Labute approximate surface area is 169 Å². The topological polar surface area (TPSA) is 49.4 Å². The SMILES string of the molecule is CCC(CNC(=O)C1CCCN1C(=O)c1ccc(Br)cc1)c1ccccc1.